The van der Waals surface area contributed by atoms with Crippen LogP contribution in [0.25, 0.3) is 6.08 Å². The standard InChI is InChI=1S/C13H9NO4S/c15-11-10(19-13(18)14-11)6-2-4-8-3-1-5-9(7-8)12(16)17/h1-7H,(H,16,17)(H,14,15,18). The molecule has 1 aromatic carbocycles. The van der Waals surface area contributed by atoms with Crippen LogP contribution in [0.1, 0.15) is 15.9 Å². The summed E-state index contributed by atoms with van der Waals surface area (Å²) in [6, 6.07) is 6.40. The van der Waals surface area contributed by atoms with E-state index in [0.717, 1.165) is 11.8 Å². The number of rotatable bonds is 3. The average Bonchev–Trinajstić information content (AvgIpc) is 2.68. The fourth-order valence-corrected chi connectivity index (χ4v) is 2.09. The van der Waals surface area contributed by atoms with Crippen molar-refractivity contribution in [3.63, 3.8) is 0 Å². The van der Waals surface area contributed by atoms with E-state index in [1.807, 2.05) is 0 Å². The summed E-state index contributed by atoms with van der Waals surface area (Å²) < 4.78 is 0. The number of aromatic carboxylic acids is 1. The first kappa shape index (κ1) is 13.1. The van der Waals surface area contributed by atoms with Gasteiger partial charge in [0.25, 0.3) is 11.1 Å². The predicted octanol–water partition coefficient (Wildman–Crippen LogP) is 2.26. The molecule has 6 heteroatoms. The van der Waals surface area contributed by atoms with Gasteiger partial charge in [-0.15, -0.1) is 0 Å². The Bertz CT molecular complexity index is 619. The number of hydrogen-bond acceptors (Lipinski definition) is 4. The molecule has 1 fully saturated rings. The molecule has 19 heavy (non-hydrogen) atoms. The predicted molar refractivity (Wildman–Crippen MR) is 71.6 cm³/mol. The van der Waals surface area contributed by atoms with Crippen LogP contribution in [-0.2, 0) is 4.79 Å². The molecule has 2 amide bonds. The maximum Gasteiger partial charge on any atom is 0.335 e. The zero-order valence-corrected chi connectivity index (χ0v) is 10.4. The molecule has 96 valence electrons. The molecule has 0 aromatic heterocycles. The van der Waals surface area contributed by atoms with Gasteiger partial charge in [0.1, 0.15) is 0 Å². The molecule has 1 saturated heterocycles. The first-order valence-electron chi connectivity index (χ1n) is 5.31. The molecule has 1 aliphatic rings. The molecule has 2 N–H and O–H groups in total. The Hall–Kier alpha value is -2.34. The van der Waals surface area contributed by atoms with E-state index in [-0.39, 0.29) is 5.56 Å². The zero-order valence-electron chi connectivity index (χ0n) is 9.62. The minimum absolute atomic E-state index is 0.193. The molecule has 0 aliphatic carbocycles. The molecule has 0 bridgehead atoms. The highest BCUT2D eigenvalue weighted by Crippen LogP contribution is 2.22. The number of thioether (sulfide) groups is 1. The highest BCUT2D eigenvalue weighted by molar-refractivity contribution is 8.18. The molecule has 1 aromatic rings. The molecule has 2 rings (SSSR count). The van der Waals surface area contributed by atoms with Crippen LogP contribution >= 0.6 is 11.8 Å². The first-order valence-corrected chi connectivity index (χ1v) is 6.13. The van der Waals surface area contributed by atoms with Crippen molar-refractivity contribution in [1.82, 2.24) is 5.32 Å². The number of benzene rings is 1. The zero-order chi connectivity index (χ0) is 13.8. The summed E-state index contributed by atoms with van der Waals surface area (Å²) in [6.07, 6.45) is 4.77. The number of amides is 2. The lowest BCUT2D eigenvalue weighted by Gasteiger charge is -1.96. The van der Waals surface area contributed by atoms with E-state index in [4.69, 9.17) is 5.11 Å². The Labute approximate surface area is 113 Å². The van der Waals surface area contributed by atoms with E-state index in [1.165, 1.54) is 18.2 Å². The topological polar surface area (TPSA) is 83.5 Å². The van der Waals surface area contributed by atoms with Crippen molar-refractivity contribution >= 4 is 35.0 Å². The maximum atomic E-state index is 11.2. The quantitative estimate of drug-likeness (QED) is 0.827. The summed E-state index contributed by atoms with van der Waals surface area (Å²) in [5, 5.41) is 10.6. The van der Waals surface area contributed by atoms with E-state index in [1.54, 1.807) is 24.3 Å². The first-order chi connectivity index (χ1) is 9.06. The molecule has 1 heterocycles. The van der Waals surface area contributed by atoms with Crippen LogP contribution in [0, 0.1) is 0 Å². The van der Waals surface area contributed by atoms with Crippen molar-refractivity contribution in [1.29, 1.82) is 0 Å². The minimum Gasteiger partial charge on any atom is -0.478 e. The molecule has 1 aliphatic heterocycles. The third-order valence-corrected chi connectivity index (χ3v) is 3.14. The van der Waals surface area contributed by atoms with Crippen molar-refractivity contribution in [3.8, 4) is 0 Å². The van der Waals surface area contributed by atoms with Gasteiger partial charge >= 0.3 is 5.97 Å². The summed E-state index contributed by atoms with van der Waals surface area (Å²) in [4.78, 5) is 33.3. The lowest BCUT2D eigenvalue weighted by Crippen LogP contribution is -2.17. The van der Waals surface area contributed by atoms with Crippen LogP contribution in [0.3, 0.4) is 0 Å². The van der Waals surface area contributed by atoms with Crippen LogP contribution in [-0.4, -0.2) is 22.2 Å². The Morgan fingerprint density at radius 2 is 2.11 bits per heavy atom. The molecule has 0 atom stereocenters. The molecule has 0 spiro atoms. The van der Waals surface area contributed by atoms with Crippen LogP contribution in [0.4, 0.5) is 4.79 Å². The average molecular weight is 275 g/mol. The third-order valence-electron chi connectivity index (χ3n) is 2.31. The molecular weight excluding hydrogens is 266 g/mol. The SMILES string of the molecule is O=C1NC(=O)C(=CC=Cc2cccc(C(=O)O)c2)S1. The van der Waals surface area contributed by atoms with Gasteiger partial charge in [0.05, 0.1) is 10.5 Å². The lowest BCUT2D eigenvalue weighted by atomic mass is 10.1. The highest BCUT2D eigenvalue weighted by Gasteiger charge is 2.24. The Balaban J connectivity index is 2.13. The van der Waals surface area contributed by atoms with Crippen LogP contribution in [0.5, 0.6) is 0 Å². The Kier molecular flexibility index (Phi) is 3.82. The molecule has 5 nitrogen and oxygen atoms in total. The number of carboxylic acids is 1. The fourth-order valence-electron chi connectivity index (χ4n) is 1.46. The van der Waals surface area contributed by atoms with E-state index in [0.29, 0.717) is 10.5 Å². The summed E-state index contributed by atoms with van der Waals surface area (Å²) in [6.45, 7) is 0. The number of hydrogen-bond donors (Lipinski definition) is 2. The van der Waals surface area contributed by atoms with Gasteiger partial charge in [0.15, 0.2) is 0 Å². The van der Waals surface area contributed by atoms with Gasteiger partial charge in [0.2, 0.25) is 0 Å². The smallest absolute Gasteiger partial charge is 0.335 e. The van der Waals surface area contributed by atoms with Gasteiger partial charge in [-0.05, 0) is 35.5 Å². The number of allylic oxidation sites excluding steroid dienone is 2. The van der Waals surface area contributed by atoms with Crippen molar-refractivity contribution in [3.05, 3.63) is 52.4 Å². The third kappa shape index (κ3) is 3.32. The van der Waals surface area contributed by atoms with Gasteiger partial charge in [-0.2, -0.15) is 0 Å². The van der Waals surface area contributed by atoms with E-state index >= 15 is 0 Å². The number of carboxylic acid groups (broad SMARTS) is 1. The second-order valence-electron chi connectivity index (χ2n) is 3.66. The second-order valence-corrected chi connectivity index (χ2v) is 4.68. The summed E-state index contributed by atoms with van der Waals surface area (Å²) in [5.41, 5.74) is 0.893. The summed E-state index contributed by atoms with van der Waals surface area (Å²) in [5.74, 6) is -1.41. The Morgan fingerprint density at radius 3 is 2.74 bits per heavy atom. The van der Waals surface area contributed by atoms with E-state index < -0.39 is 17.1 Å². The van der Waals surface area contributed by atoms with Crippen LogP contribution < -0.4 is 5.32 Å². The van der Waals surface area contributed by atoms with Crippen LogP contribution in [0.15, 0.2) is 41.3 Å². The van der Waals surface area contributed by atoms with Gasteiger partial charge in [-0.1, -0.05) is 24.3 Å². The Morgan fingerprint density at radius 1 is 1.32 bits per heavy atom. The monoisotopic (exact) mass is 275 g/mol. The van der Waals surface area contributed by atoms with Crippen molar-refractivity contribution < 1.29 is 19.5 Å². The van der Waals surface area contributed by atoms with Gasteiger partial charge in [-0.3, -0.25) is 14.9 Å². The summed E-state index contributed by atoms with van der Waals surface area (Å²) >= 11 is 0.833. The molecular formula is C13H9NO4S. The lowest BCUT2D eigenvalue weighted by molar-refractivity contribution is -0.115. The normalized spacial score (nSPS) is 17.2. The van der Waals surface area contributed by atoms with Gasteiger partial charge < -0.3 is 5.11 Å². The van der Waals surface area contributed by atoms with Crippen molar-refractivity contribution in [2.75, 3.05) is 0 Å². The van der Waals surface area contributed by atoms with Crippen LogP contribution in [0.2, 0.25) is 0 Å². The molecule has 0 unspecified atom stereocenters. The van der Waals surface area contributed by atoms with E-state index in [9.17, 15) is 14.4 Å². The highest BCUT2D eigenvalue weighted by atomic mass is 32.2. The molecule has 0 radical (unpaired) electrons. The number of imide groups is 1. The number of nitrogens with one attached hydrogen (secondary N) is 1. The van der Waals surface area contributed by atoms with Gasteiger partial charge in [0, 0.05) is 0 Å². The van der Waals surface area contributed by atoms with E-state index in [2.05, 4.69) is 5.32 Å². The van der Waals surface area contributed by atoms with Crippen molar-refractivity contribution in [2.24, 2.45) is 0 Å². The largest absolute Gasteiger partial charge is 0.478 e. The van der Waals surface area contributed by atoms with Gasteiger partial charge in [-0.25, -0.2) is 4.79 Å². The second kappa shape index (κ2) is 5.53. The number of carbonyl (C=O) groups is 3. The fraction of sp³-hybridized carbons (Fsp3) is 0. The summed E-state index contributed by atoms with van der Waals surface area (Å²) in [7, 11) is 0. The minimum atomic E-state index is -0.995. The maximum absolute atomic E-state index is 11.2. The number of carbonyl (C=O) groups excluding carboxylic acids is 2. The molecule has 0 saturated carbocycles. The van der Waals surface area contributed by atoms with Crippen molar-refractivity contribution in [2.45, 2.75) is 0 Å².